The summed E-state index contributed by atoms with van der Waals surface area (Å²) in [5.74, 6) is -0.885. The van der Waals surface area contributed by atoms with Crippen LogP contribution in [0.3, 0.4) is 0 Å². The van der Waals surface area contributed by atoms with Gasteiger partial charge in [0.25, 0.3) is 0 Å². The van der Waals surface area contributed by atoms with E-state index < -0.39 is 5.97 Å². The molecule has 1 unspecified atom stereocenters. The van der Waals surface area contributed by atoms with E-state index in [-0.39, 0.29) is 24.8 Å². The van der Waals surface area contributed by atoms with Crippen LogP contribution in [0.25, 0.3) is 0 Å². The molecule has 1 aliphatic rings. The van der Waals surface area contributed by atoms with E-state index in [0.717, 1.165) is 24.8 Å². The highest BCUT2D eigenvalue weighted by molar-refractivity contribution is 7.10. The van der Waals surface area contributed by atoms with E-state index in [9.17, 15) is 9.59 Å². The zero-order valence-corrected chi connectivity index (χ0v) is 11.2. The SMILES string of the molecule is CN(CCC(=O)O)C(=O)C1CCCc2sccc21. The maximum absolute atomic E-state index is 12.3. The highest BCUT2D eigenvalue weighted by atomic mass is 32.1. The van der Waals surface area contributed by atoms with E-state index in [1.165, 1.54) is 4.88 Å². The van der Waals surface area contributed by atoms with Crippen LogP contribution in [-0.4, -0.2) is 35.5 Å². The highest BCUT2D eigenvalue weighted by Crippen LogP contribution is 2.35. The molecule has 1 aromatic rings. The topological polar surface area (TPSA) is 57.6 Å². The number of aryl methyl sites for hydroxylation is 1. The molecule has 4 nitrogen and oxygen atoms in total. The quantitative estimate of drug-likeness (QED) is 0.909. The highest BCUT2D eigenvalue weighted by Gasteiger charge is 2.29. The summed E-state index contributed by atoms with van der Waals surface area (Å²) in [6.07, 6.45) is 2.98. The molecule has 0 spiro atoms. The second kappa shape index (κ2) is 5.52. The Bertz CT molecular complexity index is 455. The van der Waals surface area contributed by atoms with Crippen molar-refractivity contribution in [3.63, 3.8) is 0 Å². The predicted octanol–water partition coefficient (Wildman–Crippen LogP) is 2.10. The molecular formula is C13H17NO3S. The van der Waals surface area contributed by atoms with Gasteiger partial charge in [0.1, 0.15) is 0 Å². The average Bonchev–Trinajstić information content (AvgIpc) is 2.82. The van der Waals surface area contributed by atoms with Crippen LogP contribution in [0, 0.1) is 0 Å². The molecule has 98 valence electrons. The van der Waals surface area contributed by atoms with Gasteiger partial charge in [-0.3, -0.25) is 9.59 Å². The molecule has 0 bridgehead atoms. The van der Waals surface area contributed by atoms with Gasteiger partial charge in [-0.05, 0) is 36.3 Å². The van der Waals surface area contributed by atoms with E-state index >= 15 is 0 Å². The molecule has 0 saturated carbocycles. The third-order valence-electron chi connectivity index (χ3n) is 3.39. The maximum Gasteiger partial charge on any atom is 0.305 e. The number of hydrogen-bond acceptors (Lipinski definition) is 3. The Balaban J connectivity index is 2.04. The number of amides is 1. The smallest absolute Gasteiger partial charge is 0.305 e. The second-order valence-corrected chi connectivity index (χ2v) is 5.65. The largest absolute Gasteiger partial charge is 0.481 e. The lowest BCUT2D eigenvalue weighted by atomic mass is 9.87. The molecule has 0 fully saturated rings. The van der Waals surface area contributed by atoms with Crippen LogP contribution in [-0.2, 0) is 16.0 Å². The summed E-state index contributed by atoms with van der Waals surface area (Å²) in [6.45, 7) is 0.282. The number of hydrogen-bond donors (Lipinski definition) is 1. The molecule has 18 heavy (non-hydrogen) atoms. The molecular weight excluding hydrogens is 250 g/mol. The Morgan fingerprint density at radius 2 is 2.33 bits per heavy atom. The standard InChI is InChI=1S/C13H17NO3S/c1-14(7-5-12(15)16)13(17)10-3-2-4-11-9(10)6-8-18-11/h6,8,10H,2-5,7H2,1H3,(H,15,16). The molecule has 0 saturated heterocycles. The fraction of sp³-hybridized carbons (Fsp3) is 0.538. The summed E-state index contributed by atoms with van der Waals surface area (Å²) in [5, 5.41) is 10.7. The Morgan fingerprint density at radius 1 is 1.56 bits per heavy atom. The van der Waals surface area contributed by atoms with Crippen LogP contribution < -0.4 is 0 Å². The van der Waals surface area contributed by atoms with Gasteiger partial charge in [0.2, 0.25) is 5.91 Å². The number of fused-ring (bicyclic) bond motifs is 1. The molecule has 1 aromatic heterocycles. The van der Waals surface area contributed by atoms with Gasteiger partial charge < -0.3 is 10.0 Å². The third-order valence-corrected chi connectivity index (χ3v) is 4.38. The van der Waals surface area contributed by atoms with Gasteiger partial charge in [-0.2, -0.15) is 0 Å². The Kier molecular flexibility index (Phi) is 4.01. The number of rotatable bonds is 4. The molecule has 0 aliphatic heterocycles. The van der Waals surface area contributed by atoms with Crippen molar-refractivity contribution in [2.24, 2.45) is 0 Å². The van der Waals surface area contributed by atoms with Crippen LogP contribution >= 0.6 is 11.3 Å². The number of carboxylic acids is 1. The first-order valence-corrected chi connectivity index (χ1v) is 7.00. The van der Waals surface area contributed by atoms with Gasteiger partial charge in [-0.1, -0.05) is 0 Å². The van der Waals surface area contributed by atoms with Crippen molar-refractivity contribution in [3.8, 4) is 0 Å². The van der Waals surface area contributed by atoms with E-state index in [2.05, 4.69) is 0 Å². The van der Waals surface area contributed by atoms with E-state index in [4.69, 9.17) is 5.11 Å². The lowest BCUT2D eigenvalue weighted by molar-refractivity contribution is -0.138. The summed E-state index contributed by atoms with van der Waals surface area (Å²) in [7, 11) is 1.69. The Labute approximate surface area is 110 Å². The number of thiophene rings is 1. The van der Waals surface area contributed by atoms with Crippen LogP contribution in [0.4, 0.5) is 0 Å². The fourth-order valence-corrected chi connectivity index (χ4v) is 3.37. The summed E-state index contributed by atoms with van der Waals surface area (Å²) in [4.78, 5) is 25.7. The minimum Gasteiger partial charge on any atom is -0.481 e. The number of aliphatic carboxylic acids is 1. The van der Waals surface area contributed by atoms with E-state index in [0.29, 0.717) is 0 Å². The summed E-state index contributed by atoms with van der Waals surface area (Å²) in [6, 6.07) is 2.03. The van der Waals surface area contributed by atoms with E-state index in [1.807, 2.05) is 11.4 Å². The van der Waals surface area contributed by atoms with Crippen LogP contribution in [0.1, 0.15) is 35.6 Å². The normalized spacial score (nSPS) is 18.2. The second-order valence-electron chi connectivity index (χ2n) is 4.65. The van der Waals surface area contributed by atoms with Crippen LogP contribution in [0.2, 0.25) is 0 Å². The van der Waals surface area contributed by atoms with Crippen molar-refractivity contribution in [1.82, 2.24) is 4.90 Å². The molecule has 1 atom stereocenters. The molecule has 2 rings (SSSR count). The molecule has 1 aliphatic carbocycles. The van der Waals surface area contributed by atoms with Gasteiger partial charge in [0, 0.05) is 18.5 Å². The number of carbonyl (C=O) groups is 2. The predicted molar refractivity (Wildman–Crippen MR) is 69.9 cm³/mol. The fourth-order valence-electron chi connectivity index (χ4n) is 2.38. The number of carboxylic acid groups (broad SMARTS) is 1. The molecule has 5 heteroatoms. The van der Waals surface area contributed by atoms with Gasteiger partial charge in [-0.25, -0.2) is 0 Å². The summed E-state index contributed by atoms with van der Waals surface area (Å²) < 4.78 is 0. The van der Waals surface area contributed by atoms with Gasteiger partial charge in [0.05, 0.1) is 12.3 Å². The number of nitrogens with zero attached hydrogens (tertiary/aromatic N) is 1. The maximum atomic E-state index is 12.3. The molecule has 0 radical (unpaired) electrons. The first-order valence-electron chi connectivity index (χ1n) is 6.12. The van der Waals surface area contributed by atoms with E-state index in [1.54, 1.807) is 23.3 Å². The average molecular weight is 267 g/mol. The lowest BCUT2D eigenvalue weighted by Gasteiger charge is -2.26. The molecule has 0 aromatic carbocycles. The zero-order chi connectivity index (χ0) is 13.1. The van der Waals surface area contributed by atoms with Crippen molar-refractivity contribution < 1.29 is 14.7 Å². The van der Waals surface area contributed by atoms with Gasteiger partial charge in [-0.15, -0.1) is 11.3 Å². The van der Waals surface area contributed by atoms with Crippen LogP contribution in [0.15, 0.2) is 11.4 Å². The summed E-state index contributed by atoms with van der Waals surface area (Å²) >= 11 is 1.71. The Hall–Kier alpha value is -1.36. The summed E-state index contributed by atoms with van der Waals surface area (Å²) in [5.41, 5.74) is 1.15. The molecule has 1 amide bonds. The molecule has 1 heterocycles. The zero-order valence-electron chi connectivity index (χ0n) is 10.4. The Morgan fingerprint density at radius 3 is 3.06 bits per heavy atom. The molecule has 1 N–H and O–H groups in total. The number of likely N-dealkylation sites (N-methyl/N-ethyl adjacent to an activating group) is 1. The minimum absolute atomic E-state index is 0.00541. The monoisotopic (exact) mass is 267 g/mol. The van der Waals surface area contributed by atoms with Gasteiger partial charge >= 0.3 is 5.97 Å². The lowest BCUT2D eigenvalue weighted by Crippen LogP contribution is -2.34. The van der Waals surface area contributed by atoms with Crippen LogP contribution in [0.5, 0.6) is 0 Å². The first-order chi connectivity index (χ1) is 8.59. The third kappa shape index (κ3) is 2.72. The van der Waals surface area contributed by atoms with Crippen molar-refractivity contribution in [3.05, 3.63) is 21.9 Å². The number of carbonyl (C=O) groups excluding carboxylic acids is 1. The van der Waals surface area contributed by atoms with Crippen molar-refractivity contribution in [2.45, 2.75) is 31.6 Å². The van der Waals surface area contributed by atoms with Crippen molar-refractivity contribution >= 4 is 23.2 Å². The van der Waals surface area contributed by atoms with Crippen molar-refractivity contribution in [1.29, 1.82) is 0 Å². The van der Waals surface area contributed by atoms with Crippen molar-refractivity contribution in [2.75, 3.05) is 13.6 Å². The minimum atomic E-state index is -0.866. The van der Waals surface area contributed by atoms with Gasteiger partial charge in [0.15, 0.2) is 0 Å². The first kappa shape index (κ1) is 13.1.